The maximum atomic E-state index is 11.9. The second-order valence-electron chi connectivity index (χ2n) is 9.54. The van der Waals surface area contributed by atoms with Gasteiger partial charge in [-0.1, -0.05) is 20.3 Å². The van der Waals surface area contributed by atoms with E-state index in [0.29, 0.717) is 23.7 Å². The number of hydrogen-bond acceptors (Lipinski definition) is 2. The molecule has 3 N–H and O–H groups in total. The third-order valence-electron chi connectivity index (χ3n) is 9.06. The van der Waals surface area contributed by atoms with E-state index in [-0.39, 0.29) is 28.8 Å². The molecular weight excluding hydrogens is 286 g/mol. The summed E-state index contributed by atoms with van der Waals surface area (Å²) in [6, 6.07) is 0. The van der Waals surface area contributed by atoms with Gasteiger partial charge in [0, 0.05) is 5.92 Å². The van der Waals surface area contributed by atoms with E-state index in [2.05, 4.69) is 13.8 Å². The zero-order chi connectivity index (χ0) is 16.4. The Hall–Kier alpha value is -0.570. The smallest absolute Gasteiger partial charge is 0.221 e. The average Bonchev–Trinajstić information content (AvgIpc) is 2.86. The van der Waals surface area contributed by atoms with E-state index >= 15 is 0 Å². The van der Waals surface area contributed by atoms with Crippen LogP contribution < -0.4 is 5.73 Å². The van der Waals surface area contributed by atoms with Gasteiger partial charge in [-0.2, -0.15) is 0 Å². The SMILES string of the molecule is CC12CCC3C(CCC4CCCC(O)C43C)C1CCC2C(N)=O. The van der Waals surface area contributed by atoms with Gasteiger partial charge in [0.1, 0.15) is 0 Å². The van der Waals surface area contributed by atoms with Crippen molar-refractivity contribution < 1.29 is 9.90 Å². The molecular formula is C20H33NO2. The van der Waals surface area contributed by atoms with Crippen molar-refractivity contribution >= 4 is 5.91 Å². The molecule has 3 heteroatoms. The highest BCUT2D eigenvalue weighted by Crippen LogP contribution is 2.67. The van der Waals surface area contributed by atoms with Crippen LogP contribution in [0.25, 0.3) is 0 Å². The Kier molecular flexibility index (Phi) is 3.61. The van der Waals surface area contributed by atoms with Crippen LogP contribution in [0.4, 0.5) is 0 Å². The number of carbonyl (C=O) groups is 1. The molecule has 0 aliphatic heterocycles. The number of carbonyl (C=O) groups excluding carboxylic acids is 1. The highest BCUT2D eigenvalue weighted by Gasteiger charge is 2.62. The molecule has 0 radical (unpaired) electrons. The highest BCUT2D eigenvalue weighted by atomic mass is 16.3. The molecule has 0 bridgehead atoms. The fraction of sp³-hybridized carbons (Fsp3) is 0.950. The van der Waals surface area contributed by atoms with Gasteiger partial charge in [0.25, 0.3) is 0 Å². The number of rotatable bonds is 1. The second kappa shape index (κ2) is 5.21. The highest BCUT2D eigenvalue weighted by molar-refractivity contribution is 5.78. The molecule has 0 heterocycles. The summed E-state index contributed by atoms with van der Waals surface area (Å²) in [5, 5.41) is 10.9. The Balaban J connectivity index is 1.66. The average molecular weight is 319 g/mol. The number of nitrogens with two attached hydrogens (primary N) is 1. The minimum Gasteiger partial charge on any atom is -0.393 e. The molecule has 130 valence electrons. The van der Waals surface area contributed by atoms with Crippen LogP contribution in [0.1, 0.15) is 71.6 Å². The summed E-state index contributed by atoms with van der Waals surface area (Å²) in [5.74, 6) is 2.71. The van der Waals surface area contributed by atoms with Gasteiger partial charge in [-0.3, -0.25) is 4.79 Å². The van der Waals surface area contributed by atoms with E-state index in [4.69, 9.17) is 5.73 Å². The zero-order valence-corrected chi connectivity index (χ0v) is 14.8. The Morgan fingerprint density at radius 3 is 2.52 bits per heavy atom. The van der Waals surface area contributed by atoms with Gasteiger partial charge in [-0.15, -0.1) is 0 Å². The monoisotopic (exact) mass is 319 g/mol. The first-order chi connectivity index (χ1) is 10.9. The quantitative estimate of drug-likeness (QED) is 0.777. The van der Waals surface area contributed by atoms with E-state index in [9.17, 15) is 9.90 Å². The number of aliphatic hydroxyl groups is 1. The molecule has 0 aromatic heterocycles. The van der Waals surface area contributed by atoms with Crippen LogP contribution in [-0.2, 0) is 4.79 Å². The summed E-state index contributed by atoms with van der Waals surface area (Å²) in [5.41, 5.74) is 5.97. The minimum atomic E-state index is -0.119. The Labute approximate surface area is 140 Å². The molecule has 23 heavy (non-hydrogen) atoms. The van der Waals surface area contributed by atoms with Crippen LogP contribution in [0, 0.1) is 40.4 Å². The van der Waals surface area contributed by atoms with Crippen LogP contribution >= 0.6 is 0 Å². The van der Waals surface area contributed by atoms with E-state index in [1.807, 2.05) is 0 Å². The predicted molar refractivity (Wildman–Crippen MR) is 90.4 cm³/mol. The van der Waals surface area contributed by atoms with Crippen LogP contribution in [0.15, 0.2) is 0 Å². The van der Waals surface area contributed by atoms with E-state index < -0.39 is 0 Å². The lowest BCUT2D eigenvalue weighted by molar-refractivity contribution is -0.164. The van der Waals surface area contributed by atoms with Gasteiger partial charge < -0.3 is 10.8 Å². The molecule has 1 amide bonds. The lowest BCUT2D eigenvalue weighted by atomic mass is 9.44. The van der Waals surface area contributed by atoms with Crippen molar-refractivity contribution in [1.82, 2.24) is 0 Å². The molecule has 0 saturated heterocycles. The second-order valence-corrected chi connectivity index (χ2v) is 9.54. The van der Waals surface area contributed by atoms with Crippen molar-refractivity contribution in [2.75, 3.05) is 0 Å². The first kappa shape index (κ1) is 15.9. The summed E-state index contributed by atoms with van der Waals surface area (Å²) in [6.45, 7) is 4.73. The standard InChI is InChI=1S/C20H33NO2/c1-19-11-10-15-13(14(19)8-9-16(19)18(21)23)7-6-12-4-3-5-17(22)20(12,15)2/h12-17,22H,3-11H2,1-2H3,(H2,21,23). The number of hydrogen-bond donors (Lipinski definition) is 2. The number of aliphatic hydroxyl groups excluding tert-OH is 1. The van der Waals surface area contributed by atoms with E-state index in [1.165, 1.54) is 38.5 Å². The van der Waals surface area contributed by atoms with Gasteiger partial charge in [-0.05, 0) is 85.9 Å². The van der Waals surface area contributed by atoms with Gasteiger partial charge in [0.15, 0.2) is 0 Å². The Morgan fingerprint density at radius 2 is 1.78 bits per heavy atom. The third-order valence-corrected chi connectivity index (χ3v) is 9.06. The van der Waals surface area contributed by atoms with Crippen LogP contribution in [0.2, 0.25) is 0 Å². The number of fused-ring (bicyclic) bond motifs is 5. The lowest BCUT2D eigenvalue weighted by Gasteiger charge is -2.61. The molecule has 3 nitrogen and oxygen atoms in total. The molecule has 8 unspecified atom stereocenters. The fourth-order valence-electron chi connectivity index (χ4n) is 7.78. The summed E-state index contributed by atoms with van der Waals surface area (Å²) in [4.78, 5) is 11.9. The van der Waals surface area contributed by atoms with Crippen LogP contribution in [0.3, 0.4) is 0 Å². The maximum Gasteiger partial charge on any atom is 0.221 e. The lowest BCUT2D eigenvalue weighted by Crippen LogP contribution is -2.57. The van der Waals surface area contributed by atoms with Crippen molar-refractivity contribution in [3.63, 3.8) is 0 Å². The Bertz CT molecular complexity index is 506. The van der Waals surface area contributed by atoms with Crippen LogP contribution in [0.5, 0.6) is 0 Å². The van der Waals surface area contributed by atoms with Gasteiger partial charge in [0.05, 0.1) is 6.10 Å². The summed E-state index contributed by atoms with van der Waals surface area (Å²) in [6.07, 6.45) is 10.4. The summed E-state index contributed by atoms with van der Waals surface area (Å²) in [7, 11) is 0. The zero-order valence-electron chi connectivity index (χ0n) is 14.8. The third kappa shape index (κ3) is 2.01. The molecule has 4 aliphatic rings. The molecule has 0 spiro atoms. The van der Waals surface area contributed by atoms with Crippen molar-refractivity contribution in [3.05, 3.63) is 0 Å². The Morgan fingerprint density at radius 1 is 1.00 bits per heavy atom. The molecule has 0 aromatic carbocycles. The van der Waals surface area contributed by atoms with Crippen molar-refractivity contribution in [2.45, 2.75) is 77.7 Å². The largest absolute Gasteiger partial charge is 0.393 e. The van der Waals surface area contributed by atoms with Gasteiger partial charge >= 0.3 is 0 Å². The van der Waals surface area contributed by atoms with Gasteiger partial charge in [0.2, 0.25) is 5.91 Å². The molecule has 4 aliphatic carbocycles. The number of amides is 1. The fourth-order valence-corrected chi connectivity index (χ4v) is 7.78. The first-order valence-electron chi connectivity index (χ1n) is 9.86. The molecule has 8 atom stereocenters. The normalized spacial score (nSPS) is 55.6. The van der Waals surface area contributed by atoms with Crippen molar-refractivity contribution in [2.24, 2.45) is 46.2 Å². The van der Waals surface area contributed by atoms with Crippen molar-refractivity contribution in [1.29, 1.82) is 0 Å². The molecule has 0 aromatic rings. The van der Waals surface area contributed by atoms with Crippen LogP contribution in [-0.4, -0.2) is 17.1 Å². The van der Waals surface area contributed by atoms with E-state index in [0.717, 1.165) is 19.3 Å². The first-order valence-corrected chi connectivity index (χ1v) is 9.86. The maximum absolute atomic E-state index is 11.9. The van der Waals surface area contributed by atoms with Crippen molar-refractivity contribution in [3.8, 4) is 0 Å². The number of primary amides is 1. The predicted octanol–water partition coefficient (Wildman–Crippen LogP) is 3.49. The van der Waals surface area contributed by atoms with E-state index in [1.54, 1.807) is 0 Å². The molecule has 4 saturated carbocycles. The summed E-state index contributed by atoms with van der Waals surface area (Å²) < 4.78 is 0. The molecule has 4 rings (SSSR count). The topological polar surface area (TPSA) is 63.3 Å². The molecule has 4 fully saturated rings. The summed E-state index contributed by atoms with van der Waals surface area (Å²) >= 11 is 0. The minimum absolute atomic E-state index is 0.0777. The van der Waals surface area contributed by atoms with Gasteiger partial charge in [-0.25, -0.2) is 0 Å².